The first-order chi connectivity index (χ1) is 9.93. The van der Waals surface area contributed by atoms with E-state index in [0.29, 0.717) is 14.1 Å². The zero-order valence-corrected chi connectivity index (χ0v) is 15.8. The number of aromatic hydroxyl groups is 1. The van der Waals surface area contributed by atoms with E-state index in [1.54, 1.807) is 23.6 Å². The van der Waals surface area contributed by atoms with Crippen LogP contribution in [0.15, 0.2) is 23.6 Å². The average molecular weight is 529 g/mol. The van der Waals surface area contributed by atoms with Gasteiger partial charge in [-0.05, 0) is 68.8 Å². The third kappa shape index (κ3) is 3.66. The van der Waals surface area contributed by atoms with E-state index in [1.807, 2.05) is 22.6 Å². The fourth-order valence-corrected chi connectivity index (χ4v) is 4.20. The summed E-state index contributed by atoms with van der Waals surface area (Å²) in [6.45, 7) is 0. The molecule has 0 spiro atoms. The standard InChI is InChI=1S/C13H9I2NO4S/c1-20-13(19)11-9(2-3-21-11)16-12(18)7-4-6(14)5-8(15)10(7)17/h2-5,17H,1H3,(H,16,18). The molecular weight excluding hydrogens is 520 g/mol. The summed E-state index contributed by atoms with van der Waals surface area (Å²) in [7, 11) is 1.28. The van der Waals surface area contributed by atoms with Crippen molar-refractivity contribution >= 4 is 74.1 Å². The molecule has 2 rings (SSSR count). The molecule has 1 aromatic heterocycles. The summed E-state index contributed by atoms with van der Waals surface area (Å²) >= 11 is 5.20. The minimum absolute atomic E-state index is 0.0802. The van der Waals surface area contributed by atoms with Gasteiger partial charge in [-0.15, -0.1) is 11.3 Å². The lowest BCUT2D eigenvalue weighted by molar-refractivity contribution is 0.0607. The van der Waals surface area contributed by atoms with E-state index in [0.717, 1.165) is 3.57 Å². The van der Waals surface area contributed by atoms with Crippen LogP contribution in [0, 0.1) is 7.14 Å². The van der Waals surface area contributed by atoms with Crippen molar-refractivity contribution in [3.8, 4) is 5.75 Å². The van der Waals surface area contributed by atoms with Crippen molar-refractivity contribution in [3.05, 3.63) is 41.2 Å². The van der Waals surface area contributed by atoms with Crippen molar-refractivity contribution in [1.29, 1.82) is 0 Å². The van der Waals surface area contributed by atoms with Crippen LogP contribution in [0.5, 0.6) is 5.75 Å². The number of methoxy groups -OCH3 is 1. The second kappa shape index (κ2) is 6.92. The number of carbonyl (C=O) groups is 2. The maximum atomic E-state index is 12.3. The molecule has 8 heteroatoms. The number of nitrogens with one attached hydrogen (secondary N) is 1. The van der Waals surface area contributed by atoms with Gasteiger partial charge in [0.25, 0.3) is 5.91 Å². The van der Waals surface area contributed by atoms with Crippen LogP contribution >= 0.6 is 56.5 Å². The van der Waals surface area contributed by atoms with Crippen molar-refractivity contribution in [2.24, 2.45) is 0 Å². The Morgan fingerprint density at radius 3 is 2.71 bits per heavy atom. The van der Waals surface area contributed by atoms with Crippen LogP contribution in [0.4, 0.5) is 5.69 Å². The smallest absolute Gasteiger partial charge is 0.350 e. The first-order valence-corrected chi connectivity index (χ1v) is 8.63. The molecule has 5 nitrogen and oxygen atoms in total. The van der Waals surface area contributed by atoms with Crippen LogP contribution in [0.1, 0.15) is 20.0 Å². The molecule has 110 valence electrons. The summed E-state index contributed by atoms with van der Waals surface area (Å²) in [5, 5.41) is 14.3. The van der Waals surface area contributed by atoms with Gasteiger partial charge >= 0.3 is 5.97 Å². The topological polar surface area (TPSA) is 75.6 Å². The maximum Gasteiger partial charge on any atom is 0.350 e. The summed E-state index contributed by atoms with van der Waals surface area (Å²) in [5.41, 5.74) is 0.526. The molecule has 0 saturated carbocycles. The molecule has 1 heterocycles. The molecule has 0 saturated heterocycles. The molecule has 0 fully saturated rings. The van der Waals surface area contributed by atoms with Crippen molar-refractivity contribution in [2.45, 2.75) is 0 Å². The van der Waals surface area contributed by atoms with Gasteiger partial charge in [-0.3, -0.25) is 4.79 Å². The number of ether oxygens (including phenoxy) is 1. The second-order valence-corrected chi connectivity index (χ2v) is 7.22. The molecule has 0 atom stereocenters. The highest BCUT2D eigenvalue weighted by Crippen LogP contribution is 2.29. The summed E-state index contributed by atoms with van der Waals surface area (Å²) in [4.78, 5) is 24.2. The number of anilines is 1. The molecule has 0 radical (unpaired) electrons. The third-order valence-corrected chi connectivity index (χ3v) is 4.90. The third-order valence-electron chi connectivity index (χ3n) is 2.56. The van der Waals surface area contributed by atoms with Crippen LogP contribution < -0.4 is 5.32 Å². The molecule has 0 unspecified atom stereocenters. The molecule has 0 aliphatic heterocycles. The fraction of sp³-hybridized carbons (Fsp3) is 0.0769. The Hall–Kier alpha value is -0.880. The predicted octanol–water partition coefficient (Wildman–Crippen LogP) is 3.70. The highest BCUT2D eigenvalue weighted by atomic mass is 127. The number of carbonyl (C=O) groups excluding carboxylic acids is 2. The minimum atomic E-state index is -0.512. The Kier molecular flexibility index (Phi) is 5.43. The van der Waals surface area contributed by atoms with E-state index in [2.05, 4.69) is 32.6 Å². The van der Waals surface area contributed by atoms with Crippen molar-refractivity contribution < 1.29 is 19.4 Å². The Morgan fingerprint density at radius 2 is 2.05 bits per heavy atom. The number of hydrogen-bond acceptors (Lipinski definition) is 5. The van der Waals surface area contributed by atoms with Crippen LogP contribution in [-0.4, -0.2) is 24.1 Å². The van der Waals surface area contributed by atoms with Crippen LogP contribution in [0.2, 0.25) is 0 Å². The molecule has 2 N–H and O–H groups in total. The molecule has 1 amide bonds. The number of amides is 1. The van der Waals surface area contributed by atoms with Gasteiger partial charge in [-0.1, -0.05) is 0 Å². The van der Waals surface area contributed by atoms with E-state index < -0.39 is 11.9 Å². The van der Waals surface area contributed by atoms with Crippen molar-refractivity contribution in [3.63, 3.8) is 0 Å². The largest absolute Gasteiger partial charge is 0.506 e. The maximum absolute atomic E-state index is 12.3. The number of thiophene rings is 1. The lowest BCUT2D eigenvalue weighted by Crippen LogP contribution is -2.14. The van der Waals surface area contributed by atoms with E-state index >= 15 is 0 Å². The highest BCUT2D eigenvalue weighted by molar-refractivity contribution is 14.1. The number of benzene rings is 1. The second-order valence-electron chi connectivity index (χ2n) is 3.89. The van der Waals surface area contributed by atoms with Gasteiger partial charge in [0, 0.05) is 3.57 Å². The van der Waals surface area contributed by atoms with Crippen LogP contribution in [-0.2, 0) is 4.74 Å². The Bertz CT molecular complexity index is 714. The molecule has 0 bridgehead atoms. The zero-order chi connectivity index (χ0) is 15.6. The van der Waals surface area contributed by atoms with E-state index in [1.165, 1.54) is 18.4 Å². The number of halogens is 2. The van der Waals surface area contributed by atoms with E-state index in [-0.39, 0.29) is 11.3 Å². The van der Waals surface area contributed by atoms with Crippen LogP contribution in [0.25, 0.3) is 0 Å². The monoisotopic (exact) mass is 529 g/mol. The molecule has 0 aliphatic rings. The predicted molar refractivity (Wildman–Crippen MR) is 97.2 cm³/mol. The minimum Gasteiger partial charge on any atom is -0.506 e. The van der Waals surface area contributed by atoms with Gasteiger partial charge in [-0.25, -0.2) is 4.79 Å². The van der Waals surface area contributed by atoms with Gasteiger partial charge < -0.3 is 15.2 Å². The normalized spacial score (nSPS) is 10.2. The Morgan fingerprint density at radius 1 is 1.33 bits per heavy atom. The molecular formula is C13H9I2NO4S. The molecule has 2 aromatic rings. The summed E-state index contributed by atoms with van der Waals surface area (Å²) in [5.74, 6) is -1.07. The first kappa shape index (κ1) is 16.5. The molecule has 1 aromatic carbocycles. The van der Waals surface area contributed by atoms with Crippen LogP contribution in [0.3, 0.4) is 0 Å². The van der Waals surface area contributed by atoms with Gasteiger partial charge in [0.2, 0.25) is 0 Å². The number of esters is 1. The van der Waals surface area contributed by atoms with E-state index in [4.69, 9.17) is 0 Å². The lowest BCUT2D eigenvalue weighted by atomic mass is 10.2. The summed E-state index contributed by atoms with van der Waals surface area (Å²) in [6.07, 6.45) is 0. The fourth-order valence-electron chi connectivity index (χ4n) is 1.59. The molecule has 21 heavy (non-hydrogen) atoms. The van der Waals surface area contributed by atoms with Gasteiger partial charge in [0.15, 0.2) is 0 Å². The van der Waals surface area contributed by atoms with Crippen molar-refractivity contribution in [2.75, 3.05) is 12.4 Å². The van der Waals surface area contributed by atoms with Crippen molar-refractivity contribution in [1.82, 2.24) is 0 Å². The number of hydrogen-bond donors (Lipinski definition) is 2. The van der Waals surface area contributed by atoms with E-state index in [9.17, 15) is 14.7 Å². The molecule has 0 aliphatic carbocycles. The first-order valence-electron chi connectivity index (χ1n) is 5.59. The quantitative estimate of drug-likeness (QED) is 0.470. The van der Waals surface area contributed by atoms with Gasteiger partial charge in [-0.2, -0.15) is 0 Å². The average Bonchev–Trinajstić information content (AvgIpc) is 2.89. The number of rotatable bonds is 3. The number of phenols is 1. The van der Waals surface area contributed by atoms with Gasteiger partial charge in [0.05, 0.1) is 21.9 Å². The summed E-state index contributed by atoms with van der Waals surface area (Å²) in [6, 6.07) is 4.96. The zero-order valence-electron chi connectivity index (χ0n) is 10.6. The Labute approximate surface area is 152 Å². The Balaban J connectivity index is 2.31. The summed E-state index contributed by atoms with van der Waals surface area (Å²) < 4.78 is 6.07. The van der Waals surface area contributed by atoms with Gasteiger partial charge in [0.1, 0.15) is 10.6 Å². The SMILES string of the molecule is COC(=O)c1sccc1NC(=O)c1cc(I)cc(I)c1O. The lowest BCUT2D eigenvalue weighted by Gasteiger charge is -2.09. The highest BCUT2D eigenvalue weighted by Gasteiger charge is 2.19. The number of phenolic OH excluding ortho intramolecular Hbond substituents is 1.